The molecule has 0 amide bonds. The van der Waals surface area contributed by atoms with Crippen LogP contribution >= 0.6 is 11.3 Å². The Labute approximate surface area is 184 Å². The number of nitrogens with zero attached hydrogens (tertiary/aromatic N) is 3. The molecule has 1 aliphatic heterocycles. The van der Waals surface area contributed by atoms with Gasteiger partial charge in [0.25, 0.3) is 0 Å². The molecule has 1 fully saturated rings. The molecule has 6 nitrogen and oxygen atoms in total. The van der Waals surface area contributed by atoms with Crippen molar-refractivity contribution in [2.45, 2.75) is 51.6 Å². The number of guanidine groups is 1. The van der Waals surface area contributed by atoms with Crippen LogP contribution in [0, 0.1) is 0 Å². The molecule has 0 saturated carbocycles. The van der Waals surface area contributed by atoms with Gasteiger partial charge in [0.05, 0.1) is 30.4 Å². The molecule has 2 N–H and O–H groups in total. The molecule has 2 heterocycles. The van der Waals surface area contributed by atoms with Gasteiger partial charge in [-0.3, -0.25) is 9.89 Å². The summed E-state index contributed by atoms with van der Waals surface area (Å²) in [5, 5.41) is 10.2. The highest BCUT2D eigenvalue weighted by Crippen LogP contribution is 2.27. The minimum absolute atomic E-state index is 0.0858. The largest absolute Gasteiger partial charge is 0.497 e. The Kier molecular flexibility index (Phi) is 7.72. The van der Waals surface area contributed by atoms with Crippen molar-refractivity contribution >= 4 is 17.3 Å². The summed E-state index contributed by atoms with van der Waals surface area (Å²) in [5.41, 5.74) is 2.41. The van der Waals surface area contributed by atoms with E-state index in [-0.39, 0.29) is 11.5 Å². The number of likely N-dealkylation sites (tertiary alicyclic amines) is 1. The highest BCUT2D eigenvalue weighted by atomic mass is 32.1. The molecule has 164 valence electrons. The van der Waals surface area contributed by atoms with Crippen LogP contribution < -0.4 is 15.4 Å². The highest BCUT2D eigenvalue weighted by molar-refractivity contribution is 7.09. The van der Waals surface area contributed by atoms with Crippen LogP contribution in [-0.2, 0) is 12.0 Å². The summed E-state index contributed by atoms with van der Waals surface area (Å²) in [6.07, 6.45) is 2.51. The van der Waals surface area contributed by atoms with E-state index < -0.39 is 0 Å². The van der Waals surface area contributed by atoms with Gasteiger partial charge in [0, 0.05) is 24.4 Å². The zero-order valence-corrected chi connectivity index (χ0v) is 19.7. The Balaban J connectivity index is 1.62. The summed E-state index contributed by atoms with van der Waals surface area (Å²) >= 11 is 1.72. The standard InChI is InChI=1S/C23H35N5OS/c1-23(2,3)21-27-18(16-30-21)14-25-22(24-4)26-15-20(28-11-6-7-12-28)17-9-8-10-19(13-17)29-5/h8-10,13,16,20H,6-7,11-12,14-15H2,1-5H3,(H2,24,25,26). The molecule has 0 bridgehead atoms. The van der Waals surface area contributed by atoms with Gasteiger partial charge in [0.1, 0.15) is 5.75 Å². The third-order valence-electron chi connectivity index (χ3n) is 5.38. The zero-order valence-electron chi connectivity index (χ0n) is 18.9. The van der Waals surface area contributed by atoms with Crippen LogP contribution in [0.4, 0.5) is 0 Å². The SMILES string of the molecule is CN=C(NCc1csc(C(C)(C)C)n1)NCC(c1cccc(OC)c1)N1CCCC1. The number of nitrogens with one attached hydrogen (secondary N) is 2. The molecule has 1 saturated heterocycles. The van der Waals surface area contributed by atoms with Gasteiger partial charge in [-0.05, 0) is 43.6 Å². The van der Waals surface area contributed by atoms with E-state index in [1.807, 2.05) is 13.1 Å². The summed E-state index contributed by atoms with van der Waals surface area (Å²) in [6, 6.07) is 8.68. The third-order valence-corrected chi connectivity index (χ3v) is 6.69. The lowest BCUT2D eigenvalue weighted by Crippen LogP contribution is -2.42. The van der Waals surface area contributed by atoms with E-state index in [2.05, 4.69) is 64.9 Å². The minimum Gasteiger partial charge on any atom is -0.497 e. The van der Waals surface area contributed by atoms with Crippen LogP contribution in [0.1, 0.15) is 55.9 Å². The summed E-state index contributed by atoms with van der Waals surface area (Å²) in [5.74, 6) is 1.70. The maximum Gasteiger partial charge on any atom is 0.191 e. The number of methoxy groups -OCH3 is 1. The van der Waals surface area contributed by atoms with Gasteiger partial charge in [-0.2, -0.15) is 0 Å². The second kappa shape index (κ2) is 10.3. The average Bonchev–Trinajstić information content (AvgIpc) is 3.42. The van der Waals surface area contributed by atoms with E-state index in [4.69, 9.17) is 9.72 Å². The number of thiazole rings is 1. The number of rotatable bonds is 7. The Bertz CT molecular complexity index is 836. The predicted octanol–water partition coefficient (Wildman–Crippen LogP) is 3.95. The number of benzene rings is 1. The van der Waals surface area contributed by atoms with E-state index in [0.717, 1.165) is 42.0 Å². The van der Waals surface area contributed by atoms with Crippen molar-refractivity contribution in [3.8, 4) is 5.75 Å². The molecule has 0 radical (unpaired) electrons. The van der Waals surface area contributed by atoms with Crippen molar-refractivity contribution in [3.63, 3.8) is 0 Å². The smallest absolute Gasteiger partial charge is 0.191 e. The number of ether oxygens (including phenoxy) is 1. The zero-order chi connectivity index (χ0) is 21.6. The first kappa shape index (κ1) is 22.6. The molecule has 0 aliphatic carbocycles. The molecule has 1 unspecified atom stereocenters. The number of aromatic nitrogens is 1. The molecule has 2 aromatic rings. The fourth-order valence-electron chi connectivity index (χ4n) is 3.68. The first-order valence-corrected chi connectivity index (χ1v) is 11.6. The highest BCUT2D eigenvalue weighted by Gasteiger charge is 2.24. The minimum atomic E-state index is 0.0858. The molecule has 1 aliphatic rings. The van der Waals surface area contributed by atoms with E-state index in [1.54, 1.807) is 18.4 Å². The van der Waals surface area contributed by atoms with Crippen LogP contribution in [0.25, 0.3) is 0 Å². The van der Waals surface area contributed by atoms with Gasteiger partial charge in [0.2, 0.25) is 0 Å². The molecule has 1 atom stereocenters. The van der Waals surface area contributed by atoms with Crippen molar-refractivity contribution in [2.75, 3.05) is 33.8 Å². The molecule has 30 heavy (non-hydrogen) atoms. The van der Waals surface area contributed by atoms with E-state index in [1.165, 1.54) is 18.4 Å². The molecular formula is C23H35N5OS. The number of aliphatic imine (C=N–C) groups is 1. The van der Waals surface area contributed by atoms with Gasteiger partial charge in [-0.15, -0.1) is 11.3 Å². The van der Waals surface area contributed by atoms with Gasteiger partial charge >= 0.3 is 0 Å². The second-order valence-electron chi connectivity index (χ2n) is 8.74. The fraction of sp³-hybridized carbons (Fsp3) is 0.565. The van der Waals surface area contributed by atoms with Gasteiger partial charge in [-0.25, -0.2) is 4.98 Å². The Hall–Kier alpha value is -2.12. The number of hydrogen-bond acceptors (Lipinski definition) is 5. The summed E-state index contributed by atoms with van der Waals surface area (Å²) < 4.78 is 5.45. The third kappa shape index (κ3) is 5.95. The van der Waals surface area contributed by atoms with Crippen LogP contribution in [-0.4, -0.2) is 49.6 Å². The van der Waals surface area contributed by atoms with Crippen LogP contribution in [0.2, 0.25) is 0 Å². The summed E-state index contributed by atoms with van der Waals surface area (Å²) in [4.78, 5) is 11.7. The second-order valence-corrected chi connectivity index (χ2v) is 9.59. The Morgan fingerprint density at radius 3 is 2.67 bits per heavy atom. The van der Waals surface area contributed by atoms with Crippen LogP contribution in [0.3, 0.4) is 0 Å². The van der Waals surface area contributed by atoms with Gasteiger partial charge in [-0.1, -0.05) is 32.9 Å². The molecule has 3 rings (SSSR count). The molecule has 7 heteroatoms. The van der Waals surface area contributed by atoms with Crippen molar-refractivity contribution in [1.82, 2.24) is 20.5 Å². The van der Waals surface area contributed by atoms with Crippen molar-refractivity contribution in [1.29, 1.82) is 0 Å². The lowest BCUT2D eigenvalue weighted by molar-refractivity contribution is 0.245. The van der Waals surface area contributed by atoms with Gasteiger partial charge < -0.3 is 15.4 Å². The Morgan fingerprint density at radius 2 is 2.03 bits per heavy atom. The topological polar surface area (TPSA) is 61.8 Å². The lowest BCUT2D eigenvalue weighted by Gasteiger charge is -2.29. The lowest BCUT2D eigenvalue weighted by atomic mass is 9.98. The molecular weight excluding hydrogens is 394 g/mol. The van der Waals surface area contributed by atoms with Crippen LogP contribution in [0.15, 0.2) is 34.6 Å². The number of hydrogen-bond donors (Lipinski definition) is 2. The maximum absolute atomic E-state index is 5.45. The summed E-state index contributed by atoms with van der Waals surface area (Å²) in [7, 11) is 3.53. The monoisotopic (exact) mass is 429 g/mol. The van der Waals surface area contributed by atoms with E-state index in [9.17, 15) is 0 Å². The van der Waals surface area contributed by atoms with Crippen molar-refractivity contribution < 1.29 is 4.74 Å². The molecule has 0 spiro atoms. The molecule has 1 aromatic carbocycles. The first-order chi connectivity index (χ1) is 14.4. The van der Waals surface area contributed by atoms with Gasteiger partial charge in [0.15, 0.2) is 5.96 Å². The maximum atomic E-state index is 5.45. The Morgan fingerprint density at radius 1 is 1.27 bits per heavy atom. The van der Waals surface area contributed by atoms with Crippen molar-refractivity contribution in [2.24, 2.45) is 4.99 Å². The predicted molar refractivity (Wildman–Crippen MR) is 126 cm³/mol. The van der Waals surface area contributed by atoms with E-state index in [0.29, 0.717) is 6.54 Å². The van der Waals surface area contributed by atoms with Crippen molar-refractivity contribution in [3.05, 3.63) is 45.9 Å². The summed E-state index contributed by atoms with van der Waals surface area (Å²) in [6.45, 7) is 10.3. The fourth-order valence-corrected chi connectivity index (χ4v) is 4.59. The quantitative estimate of drug-likeness (QED) is 0.515. The first-order valence-electron chi connectivity index (χ1n) is 10.7. The normalized spacial score (nSPS) is 16.5. The average molecular weight is 430 g/mol. The van der Waals surface area contributed by atoms with Crippen LogP contribution in [0.5, 0.6) is 5.75 Å². The van der Waals surface area contributed by atoms with E-state index >= 15 is 0 Å². The molecule has 1 aromatic heterocycles.